The Labute approximate surface area is 123 Å². The predicted octanol–water partition coefficient (Wildman–Crippen LogP) is 2.12. The molecule has 9 heteroatoms. The molecule has 5 nitrogen and oxygen atoms in total. The van der Waals surface area contributed by atoms with Gasteiger partial charge in [-0.15, -0.1) is 11.3 Å². The van der Waals surface area contributed by atoms with Gasteiger partial charge < -0.3 is 10.2 Å². The van der Waals surface area contributed by atoms with Crippen molar-refractivity contribution in [3.8, 4) is 0 Å². The average molecular weight is 329 g/mol. The van der Waals surface area contributed by atoms with Gasteiger partial charge in [0.15, 0.2) is 17.5 Å². The second-order valence-corrected chi connectivity index (χ2v) is 5.28. The van der Waals surface area contributed by atoms with Crippen LogP contribution in [-0.2, 0) is 6.61 Å². The standard InChI is InChI=1S/C13H6F3NO4S/c14-6-1-5-10(9(16)8(6)15)17-4(2-18)3-22-12(17)7(11(5)19)13(20)21/h1,3,18H,2H2,(H,20,21). The first-order valence-corrected chi connectivity index (χ1v) is 6.72. The summed E-state index contributed by atoms with van der Waals surface area (Å²) < 4.78 is 41.9. The number of carboxylic acids is 1. The van der Waals surface area contributed by atoms with Crippen LogP contribution in [0.4, 0.5) is 13.2 Å². The van der Waals surface area contributed by atoms with Crippen molar-refractivity contribution in [2.24, 2.45) is 0 Å². The van der Waals surface area contributed by atoms with E-state index in [1.165, 1.54) is 5.38 Å². The lowest BCUT2D eigenvalue weighted by molar-refractivity contribution is 0.0697. The molecule has 0 bridgehead atoms. The van der Waals surface area contributed by atoms with E-state index in [1.807, 2.05) is 0 Å². The second kappa shape index (κ2) is 4.82. The Morgan fingerprint density at radius 2 is 1.95 bits per heavy atom. The van der Waals surface area contributed by atoms with Gasteiger partial charge in [0.1, 0.15) is 10.4 Å². The lowest BCUT2D eigenvalue weighted by Gasteiger charge is -2.09. The molecule has 22 heavy (non-hydrogen) atoms. The van der Waals surface area contributed by atoms with Gasteiger partial charge in [-0.2, -0.15) is 0 Å². The molecular weight excluding hydrogens is 323 g/mol. The maximum absolute atomic E-state index is 14.1. The Balaban J connectivity index is 2.75. The third-order valence-corrected chi connectivity index (χ3v) is 4.22. The van der Waals surface area contributed by atoms with Crippen LogP contribution >= 0.6 is 11.3 Å². The zero-order valence-electron chi connectivity index (χ0n) is 10.6. The fraction of sp³-hybridized carbons (Fsp3) is 0.0769. The molecule has 3 aromatic rings. The van der Waals surface area contributed by atoms with Gasteiger partial charge in [0.2, 0.25) is 5.43 Å². The molecule has 0 spiro atoms. The number of thiazole rings is 1. The van der Waals surface area contributed by atoms with Gasteiger partial charge in [-0.05, 0) is 6.07 Å². The van der Waals surface area contributed by atoms with Crippen LogP contribution in [0, 0.1) is 17.5 Å². The third kappa shape index (κ3) is 1.76. The molecule has 1 aromatic carbocycles. The minimum absolute atomic E-state index is 0.0532. The summed E-state index contributed by atoms with van der Waals surface area (Å²) >= 11 is 0.781. The molecule has 0 aliphatic rings. The predicted molar refractivity (Wildman–Crippen MR) is 71.8 cm³/mol. The number of aromatic carboxylic acids is 1. The molecule has 2 N–H and O–H groups in total. The molecule has 0 amide bonds. The van der Waals surface area contributed by atoms with Crippen LogP contribution in [-0.4, -0.2) is 20.6 Å². The fourth-order valence-electron chi connectivity index (χ4n) is 2.28. The first kappa shape index (κ1) is 14.5. The Hall–Kier alpha value is -2.39. The maximum Gasteiger partial charge on any atom is 0.342 e. The maximum atomic E-state index is 14.1. The second-order valence-electron chi connectivity index (χ2n) is 4.42. The molecule has 0 radical (unpaired) electrons. The number of hydrogen-bond acceptors (Lipinski definition) is 4. The monoisotopic (exact) mass is 329 g/mol. The van der Waals surface area contributed by atoms with Gasteiger partial charge in [-0.1, -0.05) is 0 Å². The molecule has 3 rings (SSSR count). The van der Waals surface area contributed by atoms with Crippen molar-refractivity contribution in [2.75, 3.05) is 0 Å². The van der Waals surface area contributed by atoms with Gasteiger partial charge in [-0.25, -0.2) is 18.0 Å². The molecule has 0 saturated heterocycles. The minimum atomic E-state index is -1.78. The van der Waals surface area contributed by atoms with Gasteiger partial charge in [0.25, 0.3) is 0 Å². The summed E-state index contributed by atoms with van der Waals surface area (Å²) in [5.74, 6) is -6.58. The largest absolute Gasteiger partial charge is 0.477 e. The van der Waals surface area contributed by atoms with Gasteiger partial charge in [-0.3, -0.25) is 9.20 Å². The number of aromatic nitrogens is 1. The van der Waals surface area contributed by atoms with Crippen LogP contribution < -0.4 is 5.43 Å². The number of aliphatic hydroxyl groups excluding tert-OH is 1. The van der Waals surface area contributed by atoms with Crippen molar-refractivity contribution in [3.05, 3.63) is 50.4 Å². The van der Waals surface area contributed by atoms with Gasteiger partial charge >= 0.3 is 5.97 Å². The number of rotatable bonds is 2. The van der Waals surface area contributed by atoms with E-state index in [0.29, 0.717) is 6.07 Å². The average Bonchev–Trinajstić information content (AvgIpc) is 2.88. The number of nitrogens with zero attached hydrogens (tertiary/aromatic N) is 1. The summed E-state index contributed by atoms with van der Waals surface area (Å²) in [4.78, 5) is 23.3. The van der Waals surface area contributed by atoms with E-state index in [-0.39, 0.29) is 10.5 Å². The molecule has 2 aromatic heterocycles. The van der Waals surface area contributed by atoms with E-state index in [0.717, 1.165) is 15.7 Å². The fourth-order valence-corrected chi connectivity index (χ4v) is 3.32. The lowest BCUT2D eigenvalue weighted by Crippen LogP contribution is -2.19. The first-order chi connectivity index (χ1) is 10.4. The van der Waals surface area contributed by atoms with Crippen molar-refractivity contribution < 1.29 is 28.2 Å². The normalized spacial score (nSPS) is 11.5. The highest BCUT2D eigenvalue weighted by Crippen LogP contribution is 2.28. The molecule has 0 aliphatic heterocycles. The molecule has 0 aliphatic carbocycles. The zero-order valence-corrected chi connectivity index (χ0v) is 11.4. The number of carbonyl (C=O) groups is 1. The van der Waals surface area contributed by atoms with Crippen LogP contribution in [0.5, 0.6) is 0 Å². The first-order valence-electron chi connectivity index (χ1n) is 5.85. The molecule has 114 valence electrons. The SMILES string of the molecule is O=C(O)c1c(=O)c2cc(F)c(F)c(F)c2n2c(CO)csc12. The number of aliphatic hydroxyl groups is 1. The van der Waals surface area contributed by atoms with Crippen LogP contribution in [0.25, 0.3) is 15.7 Å². The number of carboxylic acid groups (broad SMARTS) is 1. The van der Waals surface area contributed by atoms with E-state index in [4.69, 9.17) is 5.11 Å². The van der Waals surface area contributed by atoms with Crippen LogP contribution in [0.15, 0.2) is 16.2 Å². The van der Waals surface area contributed by atoms with Gasteiger partial charge in [0.05, 0.1) is 23.2 Å². The number of benzene rings is 1. The molecule has 0 atom stereocenters. The minimum Gasteiger partial charge on any atom is -0.477 e. The number of halogens is 3. The van der Waals surface area contributed by atoms with Crippen molar-refractivity contribution in [1.82, 2.24) is 4.40 Å². The highest BCUT2D eigenvalue weighted by atomic mass is 32.1. The zero-order chi connectivity index (χ0) is 16.2. The molecular formula is C13H6F3NO4S. The molecule has 2 heterocycles. The van der Waals surface area contributed by atoms with Crippen molar-refractivity contribution in [1.29, 1.82) is 0 Å². The highest BCUT2D eigenvalue weighted by Gasteiger charge is 2.25. The van der Waals surface area contributed by atoms with Crippen molar-refractivity contribution in [3.63, 3.8) is 0 Å². The number of pyridine rings is 1. The number of fused-ring (bicyclic) bond motifs is 3. The Bertz CT molecular complexity index is 1010. The van der Waals surface area contributed by atoms with E-state index < -0.39 is 51.9 Å². The smallest absolute Gasteiger partial charge is 0.342 e. The quantitative estimate of drug-likeness (QED) is 0.706. The van der Waals surface area contributed by atoms with Gasteiger partial charge in [0, 0.05) is 5.38 Å². The molecule has 0 unspecified atom stereocenters. The van der Waals surface area contributed by atoms with Crippen LogP contribution in [0.2, 0.25) is 0 Å². The molecule has 0 saturated carbocycles. The highest BCUT2D eigenvalue weighted by molar-refractivity contribution is 7.16. The molecule has 0 fully saturated rings. The Morgan fingerprint density at radius 1 is 1.27 bits per heavy atom. The lowest BCUT2D eigenvalue weighted by atomic mass is 10.1. The van der Waals surface area contributed by atoms with E-state index in [1.54, 1.807) is 0 Å². The topological polar surface area (TPSA) is 79.0 Å². The summed E-state index contributed by atoms with van der Waals surface area (Å²) in [7, 11) is 0. The Morgan fingerprint density at radius 3 is 2.55 bits per heavy atom. The van der Waals surface area contributed by atoms with E-state index in [2.05, 4.69) is 0 Å². The van der Waals surface area contributed by atoms with Crippen LogP contribution in [0.1, 0.15) is 16.1 Å². The van der Waals surface area contributed by atoms with Crippen molar-refractivity contribution >= 4 is 33.0 Å². The summed E-state index contributed by atoms with van der Waals surface area (Å²) in [6.45, 7) is -0.602. The van der Waals surface area contributed by atoms with Crippen LogP contribution in [0.3, 0.4) is 0 Å². The summed E-state index contributed by atoms with van der Waals surface area (Å²) in [6, 6.07) is 0.452. The number of hydrogen-bond donors (Lipinski definition) is 2. The van der Waals surface area contributed by atoms with E-state index >= 15 is 0 Å². The van der Waals surface area contributed by atoms with E-state index in [9.17, 15) is 27.9 Å². The summed E-state index contributed by atoms with van der Waals surface area (Å²) in [5.41, 5.74) is -2.36. The Kier molecular flexibility index (Phi) is 3.18. The van der Waals surface area contributed by atoms with Crippen molar-refractivity contribution in [2.45, 2.75) is 6.61 Å². The summed E-state index contributed by atoms with van der Waals surface area (Å²) in [6.07, 6.45) is 0. The third-order valence-electron chi connectivity index (χ3n) is 3.22. The summed E-state index contributed by atoms with van der Waals surface area (Å²) in [5, 5.41) is 19.1.